The molecule has 0 atom stereocenters. The first kappa shape index (κ1) is 14.2. The summed E-state index contributed by atoms with van der Waals surface area (Å²) in [6, 6.07) is 15.7. The lowest BCUT2D eigenvalue weighted by Gasteiger charge is -2.25. The van der Waals surface area contributed by atoms with E-state index in [4.69, 9.17) is 0 Å². The van der Waals surface area contributed by atoms with Crippen molar-refractivity contribution in [2.24, 2.45) is 0 Å². The third-order valence-electron chi connectivity index (χ3n) is 4.34. The fourth-order valence-corrected chi connectivity index (χ4v) is 3.29. The second-order valence-corrected chi connectivity index (χ2v) is 5.94. The molecule has 0 amide bonds. The standard InChI is InChI=1S/C19H24N2/c1-15-12-16(13-20-2)9-10-19(15)21-11-5-8-17-6-3-4-7-18(17)14-21/h3-4,6-7,9-10,12,20H,5,8,11,13-14H2,1-2H3. The molecule has 0 unspecified atom stereocenters. The second-order valence-electron chi connectivity index (χ2n) is 5.94. The molecule has 0 radical (unpaired) electrons. The Morgan fingerprint density at radius 1 is 1.10 bits per heavy atom. The molecule has 1 aliphatic rings. The molecule has 1 heterocycles. The van der Waals surface area contributed by atoms with Gasteiger partial charge in [0.25, 0.3) is 0 Å². The van der Waals surface area contributed by atoms with E-state index in [0.717, 1.165) is 19.6 Å². The van der Waals surface area contributed by atoms with Crippen molar-refractivity contribution in [3.8, 4) is 0 Å². The zero-order valence-electron chi connectivity index (χ0n) is 13.0. The normalized spacial score (nSPS) is 14.7. The largest absolute Gasteiger partial charge is 0.367 e. The first-order valence-electron chi connectivity index (χ1n) is 7.84. The van der Waals surface area contributed by atoms with E-state index in [1.54, 1.807) is 0 Å². The lowest BCUT2D eigenvalue weighted by atomic mass is 10.0. The maximum Gasteiger partial charge on any atom is 0.0432 e. The van der Waals surface area contributed by atoms with Crippen LogP contribution in [-0.2, 0) is 19.5 Å². The first-order chi connectivity index (χ1) is 10.3. The van der Waals surface area contributed by atoms with Gasteiger partial charge >= 0.3 is 0 Å². The molecule has 2 aromatic carbocycles. The number of aryl methyl sites for hydroxylation is 2. The predicted octanol–water partition coefficient (Wildman–Crippen LogP) is 3.67. The molecule has 3 rings (SSSR count). The minimum atomic E-state index is 0.934. The number of anilines is 1. The van der Waals surface area contributed by atoms with Crippen LogP contribution in [0.15, 0.2) is 42.5 Å². The number of hydrogen-bond acceptors (Lipinski definition) is 2. The summed E-state index contributed by atoms with van der Waals surface area (Å²) < 4.78 is 0. The molecule has 0 spiro atoms. The fraction of sp³-hybridized carbons (Fsp3) is 0.368. The van der Waals surface area contributed by atoms with E-state index in [1.807, 2.05) is 7.05 Å². The SMILES string of the molecule is CNCc1ccc(N2CCCc3ccccc3C2)c(C)c1. The number of benzene rings is 2. The lowest BCUT2D eigenvalue weighted by molar-refractivity contribution is 0.762. The number of rotatable bonds is 3. The van der Waals surface area contributed by atoms with Crippen molar-refractivity contribution < 1.29 is 0 Å². The van der Waals surface area contributed by atoms with E-state index in [1.165, 1.54) is 40.8 Å². The Morgan fingerprint density at radius 2 is 1.90 bits per heavy atom. The van der Waals surface area contributed by atoms with Crippen LogP contribution in [0.4, 0.5) is 5.69 Å². The van der Waals surface area contributed by atoms with Crippen molar-refractivity contribution in [2.45, 2.75) is 32.9 Å². The molecule has 0 bridgehead atoms. The van der Waals surface area contributed by atoms with Crippen molar-refractivity contribution in [3.05, 3.63) is 64.7 Å². The third-order valence-corrected chi connectivity index (χ3v) is 4.34. The van der Waals surface area contributed by atoms with Crippen molar-refractivity contribution in [2.75, 3.05) is 18.5 Å². The molecule has 1 N–H and O–H groups in total. The summed E-state index contributed by atoms with van der Waals surface area (Å²) in [4.78, 5) is 2.53. The quantitative estimate of drug-likeness (QED) is 0.923. The third kappa shape index (κ3) is 3.11. The van der Waals surface area contributed by atoms with E-state index in [2.05, 4.69) is 59.6 Å². The van der Waals surface area contributed by atoms with E-state index in [-0.39, 0.29) is 0 Å². The lowest BCUT2D eigenvalue weighted by Crippen LogP contribution is -2.23. The summed E-state index contributed by atoms with van der Waals surface area (Å²) in [6.07, 6.45) is 2.43. The van der Waals surface area contributed by atoms with Crippen molar-refractivity contribution in [3.63, 3.8) is 0 Å². The molecular weight excluding hydrogens is 256 g/mol. The fourth-order valence-electron chi connectivity index (χ4n) is 3.29. The second kappa shape index (κ2) is 6.31. The van der Waals surface area contributed by atoms with Gasteiger partial charge in [0.2, 0.25) is 0 Å². The molecule has 0 aliphatic carbocycles. The van der Waals surface area contributed by atoms with Crippen LogP contribution >= 0.6 is 0 Å². The van der Waals surface area contributed by atoms with Gasteiger partial charge in [-0.1, -0.05) is 36.4 Å². The van der Waals surface area contributed by atoms with Gasteiger partial charge in [0, 0.05) is 25.3 Å². The Hall–Kier alpha value is -1.80. The molecule has 21 heavy (non-hydrogen) atoms. The van der Waals surface area contributed by atoms with Gasteiger partial charge in [-0.3, -0.25) is 0 Å². The first-order valence-corrected chi connectivity index (χ1v) is 7.84. The maximum absolute atomic E-state index is 3.22. The van der Waals surface area contributed by atoms with Crippen LogP contribution in [0.25, 0.3) is 0 Å². The van der Waals surface area contributed by atoms with Crippen LogP contribution in [0, 0.1) is 6.92 Å². The van der Waals surface area contributed by atoms with Gasteiger partial charge in [0.15, 0.2) is 0 Å². The number of hydrogen-bond donors (Lipinski definition) is 1. The van der Waals surface area contributed by atoms with Crippen LogP contribution in [0.2, 0.25) is 0 Å². The van der Waals surface area contributed by atoms with Gasteiger partial charge in [0.1, 0.15) is 0 Å². The molecule has 1 aliphatic heterocycles. The molecule has 0 saturated carbocycles. The van der Waals surface area contributed by atoms with Crippen molar-refractivity contribution in [1.82, 2.24) is 5.32 Å². The predicted molar refractivity (Wildman–Crippen MR) is 89.8 cm³/mol. The summed E-state index contributed by atoms with van der Waals surface area (Å²) >= 11 is 0. The Morgan fingerprint density at radius 3 is 2.67 bits per heavy atom. The van der Waals surface area contributed by atoms with E-state index in [9.17, 15) is 0 Å². The molecule has 2 heteroatoms. The van der Waals surface area contributed by atoms with Crippen LogP contribution in [0.3, 0.4) is 0 Å². The average molecular weight is 280 g/mol. The van der Waals surface area contributed by atoms with Gasteiger partial charge in [-0.25, -0.2) is 0 Å². The highest BCUT2D eigenvalue weighted by Crippen LogP contribution is 2.27. The van der Waals surface area contributed by atoms with Crippen molar-refractivity contribution >= 4 is 5.69 Å². The number of nitrogens with zero attached hydrogens (tertiary/aromatic N) is 1. The van der Waals surface area contributed by atoms with Crippen LogP contribution in [0.1, 0.15) is 28.7 Å². The highest BCUT2D eigenvalue weighted by molar-refractivity contribution is 5.55. The van der Waals surface area contributed by atoms with Crippen LogP contribution in [0.5, 0.6) is 0 Å². The summed E-state index contributed by atoms with van der Waals surface area (Å²) in [5.41, 5.74) is 7.11. The molecular formula is C19H24N2. The highest BCUT2D eigenvalue weighted by atomic mass is 15.1. The van der Waals surface area contributed by atoms with Gasteiger partial charge in [-0.2, -0.15) is 0 Å². The molecule has 110 valence electrons. The average Bonchev–Trinajstić information content (AvgIpc) is 2.70. The summed E-state index contributed by atoms with van der Waals surface area (Å²) in [7, 11) is 2.00. The summed E-state index contributed by atoms with van der Waals surface area (Å²) in [5.74, 6) is 0. The molecule has 0 fully saturated rings. The smallest absolute Gasteiger partial charge is 0.0432 e. The van der Waals surface area contributed by atoms with Gasteiger partial charge in [0.05, 0.1) is 0 Å². The monoisotopic (exact) mass is 280 g/mol. The zero-order chi connectivity index (χ0) is 14.7. The Balaban J connectivity index is 1.87. The number of nitrogens with one attached hydrogen (secondary N) is 1. The summed E-state index contributed by atoms with van der Waals surface area (Å²) in [6.45, 7) is 5.33. The van der Waals surface area contributed by atoms with Crippen molar-refractivity contribution in [1.29, 1.82) is 0 Å². The van der Waals surface area contributed by atoms with Crippen LogP contribution in [-0.4, -0.2) is 13.6 Å². The summed E-state index contributed by atoms with van der Waals surface area (Å²) in [5, 5.41) is 3.22. The molecule has 2 nitrogen and oxygen atoms in total. The van der Waals surface area contributed by atoms with E-state index < -0.39 is 0 Å². The Labute approximate surface area is 127 Å². The Bertz CT molecular complexity index is 619. The minimum absolute atomic E-state index is 0.934. The molecule has 0 saturated heterocycles. The van der Waals surface area contributed by atoms with E-state index >= 15 is 0 Å². The van der Waals surface area contributed by atoms with Gasteiger partial charge in [-0.05, 0) is 55.1 Å². The Kier molecular flexibility index (Phi) is 4.26. The number of fused-ring (bicyclic) bond motifs is 1. The van der Waals surface area contributed by atoms with Gasteiger partial charge in [-0.15, -0.1) is 0 Å². The zero-order valence-corrected chi connectivity index (χ0v) is 13.0. The maximum atomic E-state index is 3.22. The molecule has 0 aromatic heterocycles. The highest BCUT2D eigenvalue weighted by Gasteiger charge is 2.15. The van der Waals surface area contributed by atoms with E-state index in [0.29, 0.717) is 0 Å². The minimum Gasteiger partial charge on any atom is -0.367 e. The van der Waals surface area contributed by atoms with Gasteiger partial charge < -0.3 is 10.2 Å². The topological polar surface area (TPSA) is 15.3 Å². The molecule has 2 aromatic rings. The van der Waals surface area contributed by atoms with Crippen LogP contribution < -0.4 is 10.2 Å².